The molecule has 2 rings (SSSR count). The van der Waals surface area contributed by atoms with Gasteiger partial charge in [0.1, 0.15) is 11.6 Å². The Morgan fingerprint density at radius 2 is 1.79 bits per heavy atom. The normalized spacial score (nSPS) is 10.4. The van der Waals surface area contributed by atoms with Crippen LogP contribution in [-0.2, 0) is 0 Å². The van der Waals surface area contributed by atoms with E-state index in [9.17, 15) is 13.2 Å². The molecule has 0 saturated carbocycles. The van der Waals surface area contributed by atoms with Gasteiger partial charge in [0, 0.05) is 25.4 Å². The molecule has 0 aliphatic rings. The molecule has 0 fully saturated rings. The minimum atomic E-state index is -1.25. The van der Waals surface area contributed by atoms with Crippen molar-refractivity contribution in [2.24, 2.45) is 0 Å². The number of benzene rings is 1. The maximum absolute atomic E-state index is 13.5. The largest absolute Gasteiger partial charge is 0.357 e. The highest BCUT2D eigenvalue weighted by molar-refractivity contribution is 9.10. The molecule has 0 bridgehead atoms. The second-order valence-electron chi connectivity index (χ2n) is 3.51. The maximum atomic E-state index is 13.5. The van der Waals surface area contributed by atoms with Gasteiger partial charge in [-0.05, 0) is 15.9 Å². The van der Waals surface area contributed by atoms with Gasteiger partial charge >= 0.3 is 0 Å². The van der Waals surface area contributed by atoms with Crippen LogP contribution in [-0.4, -0.2) is 17.0 Å². The fourth-order valence-electron chi connectivity index (χ4n) is 1.32. The number of anilines is 3. The number of hydrogen-bond acceptors (Lipinski definition) is 4. The zero-order chi connectivity index (χ0) is 14.0. The van der Waals surface area contributed by atoms with Gasteiger partial charge in [-0.25, -0.2) is 18.2 Å². The Balaban J connectivity index is 2.38. The molecule has 2 N–H and O–H groups in total. The lowest BCUT2D eigenvalue weighted by molar-refractivity contribution is 0.496. The van der Waals surface area contributed by atoms with Crippen molar-refractivity contribution in [3.8, 4) is 0 Å². The number of halogens is 4. The minimum Gasteiger partial charge on any atom is -0.357 e. The average molecular weight is 333 g/mol. The molecule has 0 spiro atoms. The molecule has 8 heteroatoms. The van der Waals surface area contributed by atoms with Crippen LogP contribution >= 0.6 is 15.9 Å². The Hall–Kier alpha value is -1.83. The van der Waals surface area contributed by atoms with Crippen molar-refractivity contribution in [3.05, 3.63) is 40.3 Å². The highest BCUT2D eigenvalue weighted by atomic mass is 79.9. The van der Waals surface area contributed by atoms with Crippen LogP contribution < -0.4 is 10.6 Å². The first-order chi connectivity index (χ1) is 9.01. The summed E-state index contributed by atoms with van der Waals surface area (Å²) in [7, 11) is 1.62. The third kappa shape index (κ3) is 2.95. The summed E-state index contributed by atoms with van der Waals surface area (Å²) >= 11 is 3.17. The van der Waals surface area contributed by atoms with Gasteiger partial charge in [0.15, 0.2) is 11.6 Å². The lowest BCUT2D eigenvalue weighted by atomic mass is 10.3. The van der Waals surface area contributed by atoms with E-state index in [0.717, 1.165) is 6.07 Å². The number of hydrogen-bond donors (Lipinski definition) is 2. The standard InChI is InChI=1S/C11H8BrF3N4/c1-16-11-17-4-5(12)10(19-11)18-9-3-7(14)6(13)2-8(9)15/h2-4H,1H3,(H2,16,17,18,19). The molecule has 0 aliphatic carbocycles. The van der Waals surface area contributed by atoms with Gasteiger partial charge < -0.3 is 10.6 Å². The summed E-state index contributed by atoms with van der Waals surface area (Å²) in [6.45, 7) is 0. The molecule has 100 valence electrons. The molecular weight excluding hydrogens is 325 g/mol. The van der Waals surface area contributed by atoms with Crippen LogP contribution in [0.15, 0.2) is 22.8 Å². The van der Waals surface area contributed by atoms with E-state index in [1.807, 2.05) is 0 Å². The summed E-state index contributed by atoms with van der Waals surface area (Å²) in [5.74, 6) is -2.79. The maximum Gasteiger partial charge on any atom is 0.224 e. The summed E-state index contributed by atoms with van der Waals surface area (Å²) in [4.78, 5) is 7.93. The SMILES string of the molecule is CNc1ncc(Br)c(Nc2cc(F)c(F)cc2F)n1. The molecule has 0 aliphatic heterocycles. The van der Waals surface area contributed by atoms with E-state index in [1.54, 1.807) is 7.05 Å². The van der Waals surface area contributed by atoms with E-state index in [0.29, 0.717) is 16.5 Å². The van der Waals surface area contributed by atoms with Gasteiger partial charge in [-0.3, -0.25) is 0 Å². The first kappa shape index (κ1) is 13.6. The smallest absolute Gasteiger partial charge is 0.224 e. The molecule has 0 radical (unpaired) electrons. The Labute approximate surface area is 115 Å². The number of aromatic nitrogens is 2. The van der Waals surface area contributed by atoms with Crippen LogP contribution in [0.1, 0.15) is 0 Å². The second-order valence-corrected chi connectivity index (χ2v) is 4.37. The zero-order valence-electron chi connectivity index (χ0n) is 9.64. The Morgan fingerprint density at radius 1 is 1.11 bits per heavy atom. The fourth-order valence-corrected chi connectivity index (χ4v) is 1.61. The van der Waals surface area contributed by atoms with Crippen molar-refractivity contribution in [1.82, 2.24) is 9.97 Å². The Morgan fingerprint density at radius 3 is 2.47 bits per heavy atom. The van der Waals surface area contributed by atoms with Crippen molar-refractivity contribution in [1.29, 1.82) is 0 Å². The minimum absolute atomic E-state index is 0.222. The number of nitrogens with one attached hydrogen (secondary N) is 2. The number of nitrogens with zero attached hydrogens (tertiary/aromatic N) is 2. The monoisotopic (exact) mass is 332 g/mol. The van der Waals surface area contributed by atoms with E-state index in [1.165, 1.54) is 6.20 Å². The summed E-state index contributed by atoms with van der Waals surface area (Å²) in [5, 5.41) is 5.27. The van der Waals surface area contributed by atoms with Crippen molar-refractivity contribution < 1.29 is 13.2 Å². The van der Waals surface area contributed by atoms with E-state index in [-0.39, 0.29) is 11.5 Å². The summed E-state index contributed by atoms with van der Waals surface area (Å²) in [6, 6.07) is 1.18. The summed E-state index contributed by atoms with van der Waals surface area (Å²) in [6.07, 6.45) is 1.44. The number of rotatable bonds is 3. The quantitative estimate of drug-likeness (QED) is 0.845. The summed E-state index contributed by atoms with van der Waals surface area (Å²) in [5.41, 5.74) is -0.222. The van der Waals surface area contributed by atoms with Crippen molar-refractivity contribution >= 4 is 33.4 Å². The molecule has 19 heavy (non-hydrogen) atoms. The van der Waals surface area contributed by atoms with Crippen molar-refractivity contribution in [2.45, 2.75) is 0 Å². The van der Waals surface area contributed by atoms with Gasteiger partial charge in [-0.1, -0.05) is 0 Å². The molecule has 0 unspecified atom stereocenters. The first-order valence-electron chi connectivity index (χ1n) is 5.13. The van der Waals surface area contributed by atoms with E-state index in [2.05, 4.69) is 36.5 Å². The van der Waals surface area contributed by atoms with Crippen LogP contribution in [0.2, 0.25) is 0 Å². The van der Waals surface area contributed by atoms with Crippen LogP contribution in [0.25, 0.3) is 0 Å². The topological polar surface area (TPSA) is 49.8 Å². The molecular formula is C11H8BrF3N4. The molecule has 1 heterocycles. The predicted octanol–water partition coefficient (Wildman–Crippen LogP) is 3.44. The van der Waals surface area contributed by atoms with Crippen molar-refractivity contribution in [3.63, 3.8) is 0 Å². The molecule has 0 amide bonds. The van der Waals surface area contributed by atoms with E-state index in [4.69, 9.17) is 0 Å². The molecule has 0 saturated heterocycles. The van der Waals surface area contributed by atoms with Crippen molar-refractivity contribution in [2.75, 3.05) is 17.7 Å². The molecule has 4 nitrogen and oxygen atoms in total. The lowest BCUT2D eigenvalue weighted by Crippen LogP contribution is -2.03. The zero-order valence-corrected chi connectivity index (χ0v) is 11.2. The third-order valence-corrected chi connectivity index (χ3v) is 2.81. The average Bonchev–Trinajstić information content (AvgIpc) is 2.38. The molecule has 1 aromatic carbocycles. The van der Waals surface area contributed by atoms with Gasteiger partial charge in [-0.2, -0.15) is 4.98 Å². The van der Waals surface area contributed by atoms with E-state index >= 15 is 0 Å². The van der Waals surface area contributed by atoms with Gasteiger partial charge in [-0.15, -0.1) is 0 Å². The lowest BCUT2D eigenvalue weighted by Gasteiger charge is -2.10. The predicted molar refractivity (Wildman–Crippen MR) is 68.9 cm³/mol. The third-order valence-electron chi connectivity index (χ3n) is 2.23. The van der Waals surface area contributed by atoms with Crippen LogP contribution in [0, 0.1) is 17.5 Å². The second kappa shape index (κ2) is 5.43. The van der Waals surface area contributed by atoms with Crippen LogP contribution in [0.3, 0.4) is 0 Å². The van der Waals surface area contributed by atoms with Gasteiger partial charge in [0.2, 0.25) is 5.95 Å². The molecule has 1 aromatic heterocycles. The van der Waals surface area contributed by atoms with Gasteiger partial charge in [0.25, 0.3) is 0 Å². The van der Waals surface area contributed by atoms with Crippen LogP contribution in [0.5, 0.6) is 0 Å². The molecule has 0 atom stereocenters. The fraction of sp³-hybridized carbons (Fsp3) is 0.0909. The van der Waals surface area contributed by atoms with Crippen LogP contribution in [0.4, 0.5) is 30.6 Å². The summed E-state index contributed by atoms with van der Waals surface area (Å²) < 4.78 is 39.8. The Kier molecular flexibility index (Phi) is 3.89. The van der Waals surface area contributed by atoms with Gasteiger partial charge in [0.05, 0.1) is 10.2 Å². The first-order valence-corrected chi connectivity index (χ1v) is 5.92. The highest BCUT2D eigenvalue weighted by Gasteiger charge is 2.12. The molecule has 2 aromatic rings. The Bertz CT molecular complexity index is 621. The highest BCUT2D eigenvalue weighted by Crippen LogP contribution is 2.26. The van der Waals surface area contributed by atoms with E-state index < -0.39 is 17.5 Å².